The van der Waals surface area contributed by atoms with Gasteiger partial charge in [-0.25, -0.2) is 4.79 Å². The van der Waals surface area contributed by atoms with Crippen LogP contribution in [0.15, 0.2) is 12.1 Å². The zero-order valence-electron chi connectivity index (χ0n) is 10.9. The molecule has 20 heavy (non-hydrogen) atoms. The van der Waals surface area contributed by atoms with E-state index in [0.717, 1.165) is 0 Å². The van der Waals surface area contributed by atoms with Crippen molar-refractivity contribution in [3.8, 4) is 5.75 Å². The summed E-state index contributed by atoms with van der Waals surface area (Å²) in [5.41, 5.74) is -0.114. The first kappa shape index (κ1) is 18.9. The number of ether oxygens (including phenoxy) is 1. The maximum Gasteiger partial charge on any atom is 0.341 e. The van der Waals surface area contributed by atoms with Crippen LogP contribution in [0.3, 0.4) is 0 Å². The Hall–Kier alpha value is -1.05. The van der Waals surface area contributed by atoms with Crippen LogP contribution in [0.2, 0.25) is 10.0 Å². The third-order valence-corrected chi connectivity index (χ3v) is 2.67. The predicted molar refractivity (Wildman–Crippen MR) is 77.0 cm³/mol. The van der Waals surface area contributed by atoms with Crippen molar-refractivity contribution in [2.45, 2.75) is 0 Å². The van der Waals surface area contributed by atoms with Crippen molar-refractivity contribution in [2.24, 2.45) is 0 Å². The van der Waals surface area contributed by atoms with Gasteiger partial charge in [0, 0.05) is 13.1 Å². The van der Waals surface area contributed by atoms with Gasteiger partial charge >= 0.3 is 5.97 Å². The Kier molecular flexibility index (Phi) is 10.1. The molecule has 0 saturated carbocycles. The summed E-state index contributed by atoms with van der Waals surface area (Å²) in [4.78, 5) is 10.7. The maximum absolute atomic E-state index is 10.7. The lowest BCUT2D eigenvalue weighted by Crippen LogP contribution is -2.21. The molecule has 4 N–H and O–H groups in total. The first-order chi connectivity index (χ1) is 9.49. The highest BCUT2D eigenvalue weighted by Crippen LogP contribution is 2.33. The Bertz CT molecular complexity index is 425. The summed E-state index contributed by atoms with van der Waals surface area (Å²) in [5, 5.41) is 28.2. The number of aromatic carboxylic acids is 1. The minimum absolute atomic E-state index is 0.0849. The molecule has 0 bridgehead atoms. The van der Waals surface area contributed by atoms with Crippen molar-refractivity contribution >= 4 is 29.2 Å². The molecular weight excluding hydrogens is 309 g/mol. The number of halogens is 2. The monoisotopic (exact) mass is 325 g/mol. The molecule has 0 heterocycles. The molecule has 0 fully saturated rings. The Morgan fingerprint density at radius 2 is 1.70 bits per heavy atom. The molecule has 0 atom stereocenters. The van der Waals surface area contributed by atoms with Crippen molar-refractivity contribution in [1.82, 2.24) is 5.32 Å². The molecule has 1 aromatic rings. The molecule has 1 rings (SSSR count). The van der Waals surface area contributed by atoms with Gasteiger partial charge in [0.05, 0.1) is 30.4 Å². The Labute approximate surface area is 126 Å². The number of methoxy groups -OCH3 is 1. The summed E-state index contributed by atoms with van der Waals surface area (Å²) >= 11 is 11.4. The Morgan fingerprint density at radius 1 is 1.20 bits per heavy atom. The quantitative estimate of drug-likeness (QED) is 0.588. The summed E-state index contributed by atoms with van der Waals surface area (Å²) in [5.74, 6) is -1.08. The highest BCUT2D eigenvalue weighted by Gasteiger charge is 2.17. The Balaban J connectivity index is 0.000000441. The molecule has 8 heteroatoms. The fourth-order valence-corrected chi connectivity index (χ4v) is 1.68. The normalized spacial score (nSPS) is 9.65. The number of carbonyl (C=O) groups is 1. The van der Waals surface area contributed by atoms with Crippen molar-refractivity contribution in [3.63, 3.8) is 0 Å². The molecule has 0 amide bonds. The van der Waals surface area contributed by atoms with Gasteiger partial charge in [-0.2, -0.15) is 0 Å². The van der Waals surface area contributed by atoms with Gasteiger partial charge in [-0.05, 0) is 12.1 Å². The van der Waals surface area contributed by atoms with Crippen molar-refractivity contribution in [1.29, 1.82) is 0 Å². The van der Waals surface area contributed by atoms with Gasteiger partial charge in [-0.15, -0.1) is 0 Å². The van der Waals surface area contributed by atoms with Gasteiger partial charge in [0.1, 0.15) is 5.56 Å². The van der Waals surface area contributed by atoms with E-state index in [2.05, 4.69) is 5.32 Å². The number of rotatable bonds is 6. The second-order valence-electron chi connectivity index (χ2n) is 3.44. The highest BCUT2D eigenvalue weighted by molar-refractivity contribution is 6.36. The van der Waals surface area contributed by atoms with Crippen molar-refractivity contribution < 1.29 is 24.9 Å². The third kappa shape index (κ3) is 6.40. The van der Waals surface area contributed by atoms with Crippen LogP contribution in [0.5, 0.6) is 5.75 Å². The number of nitrogens with one attached hydrogen (secondary N) is 1. The lowest BCUT2D eigenvalue weighted by atomic mass is 10.2. The molecule has 0 aromatic heterocycles. The van der Waals surface area contributed by atoms with E-state index in [1.165, 1.54) is 19.2 Å². The summed E-state index contributed by atoms with van der Waals surface area (Å²) in [6, 6.07) is 2.89. The SMILES string of the molecule is COc1c(Cl)ccc(Cl)c1C(=O)O.OCCNCCO. The van der Waals surface area contributed by atoms with Crippen molar-refractivity contribution in [2.75, 3.05) is 33.4 Å². The molecule has 0 aliphatic carbocycles. The molecular formula is C12H17Cl2NO5. The van der Waals surface area contributed by atoms with Crippen LogP contribution in [-0.2, 0) is 0 Å². The van der Waals surface area contributed by atoms with Gasteiger partial charge < -0.3 is 25.4 Å². The lowest BCUT2D eigenvalue weighted by Gasteiger charge is -2.07. The van der Waals surface area contributed by atoms with Gasteiger partial charge in [-0.1, -0.05) is 23.2 Å². The zero-order chi connectivity index (χ0) is 15.5. The molecule has 0 unspecified atom stereocenters. The van der Waals surface area contributed by atoms with Gasteiger partial charge in [-0.3, -0.25) is 0 Å². The average molecular weight is 326 g/mol. The van der Waals surface area contributed by atoms with E-state index in [-0.39, 0.29) is 34.6 Å². The third-order valence-electron chi connectivity index (χ3n) is 2.05. The topological polar surface area (TPSA) is 99.0 Å². The van der Waals surface area contributed by atoms with E-state index < -0.39 is 5.97 Å². The molecule has 0 aliphatic rings. The fraction of sp³-hybridized carbons (Fsp3) is 0.417. The van der Waals surface area contributed by atoms with E-state index in [1.54, 1.807) is 0 Å². The summed E-state index contributed by atoms with van der Waals surface area (Å²) < 4.78 is 4.82. The second kappa shape index (κ2) is 10.7. The second-order valence-corrected chi connectivity index (χ2v) is 4.25. The number of carboxylic acids is 1. The smallest absolute Gasteiger partial charge is 0.341 e. The number of aliphatic hydroxyl groups is 2. The molecule has 0 radical (unpaired) electrons. The van der Waals surface area contributed by atoms with Crippen LogP contribution < -0.4 is 10.1 Å². The van der Waals surface area contributed by atoms with Gasteiger partial charge in [0.15, 0.2) is 5.75 Å². The standard InChI is InChI=1S/C8H6Cl2O3.C4H11NO2/c1-13-7-5(10)3-2-4(9)6(7)8(11)12;6-3-1-5-2-4-7/h2-3H,1H3,(H,11,12);5-7H,1-4H2. The van der Waals surface area contributed by atoms with Crippen LogP contribution in [-0.4, -0.2) is 54.7 Å². The van der Waals surface area contributed by atoms with E-state index in [4.69, 9.17) is 43.3 Å². The number of hydrogen-bond acceptors (Lipinski definition) is 5. The minimum Gasteiger partial charge on any atom is -0.494 e. The van der Waals surface area contributed by atoms with E-state index in [0.29, 0.717) is 13.1 Å². The van der Waals surface area contributed by atoms with E-state index in [1.807, 2.05) is 0 Å². The van der Waals surface area contributed by atoms with Crippen LogP contribution >= 0.6 is 23.2 Å². The molecule has 0 saturated heterocycles. The summed E-state index contributed by atoms with van der Waals surface area (Å²) in [7, 11) is 1.34. The number of aliphatic hydroxyl groups excluding tert-OH is 2. The molecule has 0 aliphatic heterocycles. The lowest BCUT2D eigenvalue weighted by molar-refractivity contribution is 0.0693. The fourth-order valence-electron chi connectivity index (χ4n) is 1.22. The molecule has 1 aromatic carbocycles. The Morgan fingerprint density at radius 3 is 2.05 bits per heavy atom. The predicted octanol–water partition coefficient (Wildman–Crippen LogP) is 1.26. The van der Waals surface area contributed by atoms with Gasteiger partial charge in [0.2, 0.25) is 0 Å². The van der Waals surface area contributed by atoms with Crippen LogP contribution in [0.4, 0.5) is 0 Å². The highest BCUT2D eigenvalue weighted by atomic mass is 35.5. The molecule has 114 valence electrons. The maximum atomic E-state index is 10.7. The first-order valence-electron chi connectivity index (χ1n) is 5.67. The minimum atomic E-state index is -1.16. The van der Waals surface area contributed by atoms with Gasteiger partial charge in [0.25, 0.3) is 0 Å². The number of hydrogen-bond donors (Lipinski definition) is 4. The summed E-state index contributed by atoms with van der Waals surface area (Å²) in [6.07, 6.45) is 0. The van der Waals surface area contributed by atoms with Crippen molar-refractivity contribution in [3.05, 3.63) is 27.7 Å². The average Bonchev–Trinajstić information content (AvgIpc) is 2.42. The molecule has 6 nitrogen and oxygen atoms in total. The van der Waals surface area contributed by atoms with Crippen LogP contribution in [0.25, 0.3) is 0 Å². The van der Waals surface area contributed by atoms with Crippen LogP contribution in [0, 0.1) is 0 Å². The first-order valence-corrected chi connectivity index (χ1v) is 6.42. The largest absolute Gasteiger partial charge is 0.494 e. The van der Waals surface area contributed by atoms with E-state index >= 15 is 0 Å². The summed E-state index contributed by atoms with van der Waals surface area (Å²) in [6.45, 7) is 1.42. The number of benzene rings is 1. The van der Waals surface area contributed by atoms with Crippen LogP contribution in [0.1, 0.15) is 10.4 Å². The number of carboxylic acid groups (broad SMARTS) is 1. The van der Waals surface area contributed by atoms with E-state index in [9.17, 15) is 4.79 Å². The zero-order valence-corrected chi connectivity index (χ0v) is 12.4. The molecule has 0 spiro atoms.